The van der Waals surface area contributed by atoms with Gasteiger partial charge in [0.15, 0.2) is 5.52 Å². The fraction of sp³-hybridized carbons (Fsp3) is 0.0833. The summed E-state index contributed by atoms with van der Waals surface area (Å²) in [5.41, 5.74) is 2.23. The van der Waals surface area contributed by atoms with Crippen LogP contribution in [-0.2, 0) is 7.05 Å². The van der Waals surface area contributed by atoms with Gasteiger partial charge >= 0.3 is 0 Å². The number of nitrogens with two attached hydrogens (primary N) is 1. The van der Waals surface area contributed by atoms with Crippen molar-refractivity contribution in [3.05, 3.63) is 42.7 Å². The highest BCUT2D eigenvalue weighted by molar-refractivity contribution is 6.03. The van der Waals surface area contributed by atoms with Crippen LogP contribution in [-0.4, -0.2) is 4.68 Å². The summed E-state index contributed by atoms with van der Waals surface area (Å²) in [6, 6.07) is 12.5. The van der Waals surface area contributed by atoms with E-state index in [4.69, 9.17) is 5.84 Å². The molecule has 0 saturated carbocycles. The highest BCUT2D eigenvalue weighted by atomic mass is 15.3. The van der Waals surface area contributed by atoms with Crippen LogP contribution >= 0.6 is 0 Å². The van der Waals surface area contributed by atoms with Gasteiger partial charge in [-0.25, -0.2) is 4.57 Å². The molecule has 0 saturated heterocycles. The number of nitrogens with zero attached hydrogens (tertiary/aromatic N) is 2. The first-order chi connectivity index (χ1) is 7.27. The summed E-state index contributed by atoms with van der Waals surface area (Å²) in [6.45, 7) is 0. The van der Waals surface area contributed by atoms with Crippen LogP contribution in [0.25, 0.3) is 21.8 Å². The lowest BCUT2D eigenvalue weighted by Gasteiger charge is -1.96. The van der Waals surface area contributed by atoms with Crippen LogP contribution in [0.3, 0.4) is 0 Å². The summed E-state index contributed by atoms with van der Waals surface area (Å²) in [4.78, 5) is 0. The van der Waals surface area contributed by atoms with E-state index in [2.05, 4.69) is 24.3 Å². The SMILES string of the molecule is C[n+]1cn(N)c2c3ccccc3ccc21. The number of imidazole rings is 1. The average Bonchev–Trinajstić information content (AvgIpc) is 2.55. The third-order valence-electron chi connectivity index (χ3n) is 2.82. The van der Waals surface area contributed by atoms with Gasteiger partial charge in [0.05, 0.1) is 7.05 Å². The highest BCUT2D eigenvalue weighted by Gasteiger charge is 2.13. The Balaban J connectivity index is 2.64. The first-order valence-electron chi connectivity index (χ1n) is 4.91. The maximum Gasteiger partial charge on any atom is 0.267 e. The normalized spacial score (nSPS) is 11.3. The number of rotatable bonds is 0. The minimum Gasteiger partial charge on any atom is -0.269 e. The fourth-order valence-corrected chi connectivity index (χ4v) is 2.11. The number of aryl methyl sites for hydroxylation is 1. The van der Waals surface area contributed by atoms with E-state index in [1.54, 1.807) is 4.68 Å². The van der Waals surface area contributed by atoms with Crippen LogP contribution in [0.1, 0.15) is 0 Å². The third kappa shape index (κ3) is 1.03. The molecule has 0 unspecified atom stereocenters. The van der Waals surface area contributed by atoms with E-state index < -0.39 is 0 Å². The molecule has 0 aliphatic heterocycles. The average molecular weight is 198 g/mol. The van der Waals surface area contributed by atoms with E-state index in [1.807, 2.05) is 30.1 Å². The van der Waals surface area contributed by atoms with E-state index in [0.717, 1.165) is 11.0 Å². The lowest BCUT2D eigenvalue weighted by Crippen LogP contribution is -2.26. The van der Waals surface area contributed by atoms with E-state index in [9.17, 15) is 0 Å². The lowest BCUT2D eigenvalue weighted by atomic mass is 10.1. The lowest BCUT2D eigenvalue weighted by molar-refractivity contribution is -0.645. The molecule has 3 nitrogen and oxygen atoms in total. The molecular formula is C12H12N3+. The molecule has 74 valence electrons. The maximum atomic E-state index is 5.94. The predicted octanol–water partition coefficient (Wildman–Crippen LogP) is 1.33. The Morgan fingerprint density at radius 1 is 1.13 bits per heavy atom. The molecule has 0 spiro atoms. The third-order valence-corrected chi connectivity index (χ3v) is 2.82. The fourth-order valence-electron chi connectivity index (χ4n) is 2.11. The van der Waals surface area contributed by atoms with Crippen molar-refractivity contribution in [3.8, 4) is 0 Å². The number of nitrogen functional groups attached to an aromatic ring is 1. The van der Waals surface area contributed by atoms with Crippen molar-refractivity contribution in [2.45, 2.75) is 0 Å². The molecule has 0 aliphatic carbocycles. The largest absolute Gasteiger partial charge is 0.269 e. The summed E-state index contributed by atoms with van der Waals surface area (Å²) in [5, 5.41) is 2.41. The summed E-state index contributed by atoms with van der Waals surface area (Å²) in [6.07, 6.45) is 1.89. The maximum absolute atomic E-state index is 5.94. The molecule has 0 atom stereocenters. The zero-order valence-electron chi connectivity index (χ0n) is 8.51. The number of aromatic nitrogens is 2. The second-order valence-electron chi connectivity index (χ2n) is 3.79. The molecule has 0 fully saturated rings. The summed E-state index contributed by atoms with van der Waals surface area (Å²) >= 11 is 0. The minimum absolute atomic E-state index is 1.08. The number of benzene rings is 2. The summed E-state index contributed by atoms with van der Waals surface area (Å²) in [7, 11) is 2.00. The number of fused-ring (bicyclic) bond motifs is 3. The Labute approximate surface area is 87.3 Å². The molecule has 15 heavy (non-hydrogen) atoms. The van der Waals surface area contributed by atoms with Crippen molar-refractivity contribution in [2.24, 2.45) is 7.05 Å². The zero-order valence-corrected chi connectivity index (χ0v) is 8.51. The second-order valence-corrected chi connectivity index (χ2v) is 3.79. The van der Waals surface area contributed by atoms with Gasteiger partial charge in [-0.05, 0) is 23.6 Å². The Bertz CT molecular complexity index is 652. The molecular weight excluding hydrogens is 186 g/mol. The quantitative estimate of drug-likeness (QED) is 0.429. The van der Waals surface area contributed by atoms with Crippen molar-refractivity contribution in [3.63, 3.8) is 0 Å². The Kier molecular flexibility index (Phi) is 1.51. The van der Waals surface area contributed by atoms with E-state index in [0.29, 0.717) is 0 Å². The van der Waals surface area contributed by atoms with E-state index in [1.165, 1.54) is 10.8 Å². The minimum atomic E-state index is 1.08. The zero-order chi connectivity index (χ0) is 10.4. The van der Waals surface area contributed by atoms with Gasteiger partial charge in [-0.1, -0.05) is 18.2 Å². The number of hydrogen-bond donors (Lipinski definition) is 1. The first kappa shape index (κ1) is 8.29. The molecule has 0 bridgehead atoms. The molecule has 0 amide bonds. The monoisotopic (exact) mass is 198 g/mol. The van der Waals surface area contributed by atoms with Crippen molar-refractivity contribution in [2.75, 3.05) is 5.84 Å². The molecule has 3 aromatic rings. The van der Waals surface area contributed by atoms with E-state index in [-0.39, 0.29) is 0 Å². The van der Waals surface area contributed by atoms with Gasteiger partial charge in [0.1, 0.15) is 0 Å². The van der Waals surface area contributed by atoms with Gasteiger partial charge in [0.2, 0.25) is 5.52 Å². The molecule has 3 heteroatoms. The van der Waals surface area contributed by atoms with Crippen molar-refractivity contribution >= 4 is 21.8 Å². The molecule has 3 rings (SSSR count). The van der Waals surface area contributed by atoms with Gasteiger partial charge in [-0.2, -0.15) is 0 Å². The first-order valence-corrected chi connectivity index (χ1v) is 4.91. The molecule has 0 radical (unpaired) electrons. The van der Waals surface area contributed by atoms with Crippen molar-refractivity contribution < 1.29 is 4.57 Å². The molecule has 2 aromatic carbocycles. The van der Waals surface area contributed by atoms with Crippen LogP contribution in [0, 0.1) is 0 Å². The second kappa shape index (κ2) is 2.73. The Morgan fingerprint density at radius 3 is 2.80 bits per heavy atom. The smallest absolute Gasteiger partial charge is 0.267 e. The van der Waals surface area contributed by atoms with Crippen LogP contribution in [0.2, 0.25) is 0 Å². The standard InChI is InChI=1S/C12H12N3/c1-14-8-15(13)12-10-5-3-2-4-9(10)6-7-11(12)14/h2-8H,13H2,1H3/q+1. The topological polar surface area (TPSA) is 34.8 Å². The van der Waals surface area contributed by atoms with Gasteiger partial charge < -0.3 is 0 Å². The number of hydrogen-bond acceptors (Lipinski definition) is 1. The van der Waals surface area contributed by atoms with Crippen molar-refractivity contribution in [1.82, 2.24) is 4.68 Å². The van der Waals surface area contributed by atoms with Gasteiger partial charge in [0.25, 0.3) is 6.33 Å². The van der Waals surface area contributed by atoms with Gasteiger partial charge in [-0.15, -0.1) is 4.68 Å². The van der Waals surface area contributed by atoms with Crippen molar-refractivity contribution in [1.29, 1.82) is 0 Å². The van der Waals surface area contributed by atoms with E-state index >= 15 is 0 Å². The van der Waals surface area contributed by atoms with Gasteiger partial charge in [0, 0.05) is 5.39 Å². The molecule has 1 aromatic heterocycles. The molecule has 0 aliphatic rings. The summed E-state index contributed by atoms with van der Waals surface area (Å²) in [5.74, 6) is 5.94. The van der Waals surface area contributed by atoms with Crippen LogP contribution < -0.4 is 10.4 Å². The van der Waals surface area contributed by atoms with Crippen LogP contribution in [0.5, 0.6) is 0 Å². The predicted molar refractivity (Wildman–Crippen MR) is 60.8 cm³/mol. The Morgan fingerprint density at radius 2 is 1.93 bits per heavy atom. The van der Waals surface area contributed by atoms with Crippen LogP contribution in [0.15, 0.2) is 42.7 Å². The Hall–Kier alpha value is -2.03. The van der Waals surface area contributed by atoms with Crippen LogP contribution in [0.4, 0.5) is 0 Å². The highest BCUT2D eigenvalue weighted by Crippen LogP contribution is 2.22. The molecule has 2 N–H and O–H groups in total. The molecule has 1 heterocycles. The summed E-state index contributed by atoms with van der Waals surface area (Å²) < 4.78 is 3.71. The van der Waals surface area contributed by atoms with Gasteiger partial charge in [-0.3, -0.25) is 5.84 Å².